The Balaban J connectivity index is 2.72. The first-order valence-corrected chi connectivity index (χ1v) is 6.80. The van der Waals surface area contributed by atoms with Crippen LogP contribution in [-0.2, 0) is 14.2 Å². The maximum absolute atomic E-state index is 11.9. The third-order valence-corrected chi connectivity index (χ3v) is 4.25. The molecule has 0 radical (unpaired) electrons. The van der Waals surface area contributed by atoms with Gasteiger partial charge in [-0.2, -0.15) is 0 Å². The molecule has 0 bridgehead atoms. The second-order valence-electron chi connectivity index (χ2n) is 4.11. The molecule has 0 aromatic carbocycles. The van der Waals surface area contributed by atoms with Crippen molar-refractivity contribution in [1.29, 1.82) is 0 Å². The van der Waals surface area contributed by atoms with Gasteiger partial charge in [-0.05, 0) is 17.4 Å². The Bertz CT molecular complexity index is 349. The molecule has 2 atom stereocenters. The SMILES string of the molecule is CCCC(=O)N[P+](=O)C1(N)CCCN(N)C1=O. The second-order valence-corrected chi connectivity index (χ2v) is 5.72. The van der Waals surface area contributed by atoms with Crippen molar-refractivity contribution in [3.63, 3.8) is 0 Å². The summed E-state index contributed by atoms with van der Waals surface area (Å²) in [6.45, 7) is 2.22. The summed E-state index contributed by atoms with van der Waals surface area (Å²) in [7, 11) is -2.34. The zero-order valence-electron chi connectivity index (χ0n) is 9.81. The lowest BCUT2D eigenvalue weighted by atomic mass is 10.1. The minimum Gasteiger partial charge on any atom is -0.275 e. The lowest BCUT2D eigenvalue weighted by Crippen LogP contribution is -2.60. The van der Waals surface area contributed by atoms with E-state index in [2.05, 4.69) is 5.09 Å². The van der Waals surface area contributed by atoms with Crippen molar-refractivity contribution < 1.29 is 14.2 Å². The van der Waals surface area contributed by atoms with E-state index >= 15 is 0 Å². The predicted molar refractivity (Wildman–Crippen MR) is 62.7 cm³/mol. The number of nitrogens with two attached hydrogens (primary N) is 2. The average molecular weight is 261 g/mol. The largest absolute Gasteiger partial charge is 0.494 e. The lowest BCUT2D eigenvalue weighted by molar-refractivity contribution is -0.136. The van der Waals surface area contributed by atoms with Gasteiger partial charge in [0.05, 0.1) is 0 Å². The van der Waals surface area contributed by atoms with Crippen molar-refractivity contribution in [1.82, 2.24) is 10.1 Å². The Morgan fingerprint density at radius 1 is 1.65 bits per heavy atom. The monoisotopic (exact) mass is 261 g/mol. The van der Waals surface area contributed by atoms with Crippen molar-refractivity contribution >= 4 is 19.8 Å². The summed E-state index contributed by atoms with van der Waals surface area (Å²) < 4.78 is 11.9. The standard InChI is InChI=1S/C9H17N4O3P/c1-2-4-7(14)12-17(16)9(10)5-3-6-13(11)8(9)15/h2-6,10-11H2,1H3/p+1. The molecule has 1 heterocycles. The van der Waals surface area contributed by atoms with Crippen molar-refractivity contribution in [2.75, 3.05) is 6.54 Å². The summed E-state index contributed by atoms with van der Waals surface area (Å²) >= 11 is 0. The number of rotatable bonds is 4. The molecule has 8 heteroatoms. The Morgan fingerprint density at radius 2 is 2.29 bits per heavy atom. The van der Waals surface area contributed by atoms with E-state index in [-0.39, 0.29) is 18.7 Å². The van der Waals surface area contributed by atoms with Crippen molar-refractivity contribution in [2.24, 2.45) is 11.6 Å². The molecule has 1 rings (SSSR count). The molecule has 1 aliphatic rings. The van der Waals surface area contributed by atoms with Crippen LogP contribution in [0.2, 0.25) is 0 Å². The predicted octanol–water partition coefficient (Wildman–Crippen LogP) is -0.204. The molecule has 0 aliphatic carbocycles. The van der Waals surface area contributed by atoms with Crippen LogP contribution in [0.15, 0.2) is 0 Å². The highest BCUT2D eigenvalue weighted by molar-refractivity contribution is 7.46. The highest BCUT2D eigenvalue weighted by atomic mass is 31.1. The molecule has 1 saturated heterocycles. The van der Waals surface area contributed by atoms with E-state index in [4.69, 9.17) is 11.6 Å². The minimum absolute atomic E-state index is 0.262. The number of nitrogens with one attached hydrogen (secondary N) is 1. The Kier molecular flexibility index (Phi) is 4.56. The quantitative estimate of drug-likeness (QED) is 0.368. The average Bonchev–Trinajstić information content (AvgIpc) is 2.26. The normalized spacial score (nSPS) is 25.7. The van der Waals surface area contributed by atoms with E-state index in [9.17, 15) is 14.2 Å². The summed E-state index contributed by atoms with van der Waals surface area (Å²) in [6.07, 6.45) is 1.74. The van der Waals surface area contributed by atoms with Gasteiger partial charge in [0, 0.05) is 19.4 Å². The van der Waals surface area contributed by atoms with E-state index in [1.165, 1.54) is 0 Å². The Hall–Kier alpha value is -1.04. The molecule has 2 amide bonds. The number of carbonyl (C=O) groups excluding carboxylic acids is 2. The van der Waals surface area contributed by atoms with E-state index in [0.29, 0.717) is 19.4 Å². The fraction of sp³-hybridized carbons (Fsp3) is 0.778. The van der Waals surface area contributed by atoms with Crippen LogP contribution >= 0.6 is 7.95 Å². The fourth-order valence-electron chi connectivity index (χ4n) is 1.66. The molecule has 1 aliphatic heterocycles. The van der Waals surface area contributed by atoms with E-state index in [1.54, 1.807) is 0 Å². The van der Waals surface area contributed by atoms with Gasteiger partial charge < -0.3 is 0 Å². The number of amides is 2. The van der Waals surface area contributed by atoms with E-state index < -0.39 is 19.1 Å². The maximum atomic E-state index is 11.9. The number of carbonyl (C=O) groups is 2. The molecule has 96 valence electrons. The molecule has 1 fully saturated rings. The van der Waals surface area contributed by atoms with E-state index in [0.717, 1.165) is 5.01 Å². The lowest BCUT2D eigenvalue weighted by Gasteiger charge is -2.28. The number of hydrogen-bond acceptors (Lipinski definition) is 5. The van der Waals surface area contributed by atoms with Crippen LogP contribution in [0.1, 0.15) is 32.6 Å². The molecule has 17 heavy (non-hydrogen) atoms. The summed E-state index contributed by atoms with van der Waals surface area (Å²) in [5.74, 6) is 4.50. The van der Waals surface area contributed by atoms with Gasteiger partial charge in [-0.25, -0.2) is 5.84 Å². The Labute approximate surface area is 101 Å². The molecule has 5 N–H and O–H groups in total. The van der Waals surface area contributed by atoms with Crippen LogP contribution < -0.4 is 16.7 Å². The molecule has 7 nitrogen and oxygen atoms in total. The highest BCUT2D eigenvalue weighted by Crippen LogP contribution is 2.38. The van der Waals surface area contributed by atoms with Crippen molar-refractivity contribution in [3.05, 3.63) is 0 Å². The first-order valence-electron chi connectivity index (χ1n) is 5.54. The van der Waals surface area contributed by atoms with Crippen LogP contribution in [0.25, 0.3) is 0 Å². The zero-order valence-corrected chi connectivity index (χ0v) is 10.7. The molecule has 2 unspecified atom stereocenters. The van der Waals surface area contributed by atoms with Crippen molar-refractivity contribution in [2.45, 2.75) is 37.9 Å². The third-order valence-electron chi connectivity index (χ3n) is 2.65. The summed E-state index contributed by atoms with van der Waals surface area (Å²) in [5, 5.41) is 1.68. The van der Waals surface area contributed by atoms with Gasteiger partial charge in [0.15, 0.2) is 0 Å². The van der Waals surface area contributed by atoms with Gasteiger partial charge in [0.1, 0.15) is 0 Å². The Morgan fingerprint density at radius 3 is 2.88 bits per heavy atom. The van der Waals surface area contributed by atoms with Gasteiger partial charge in [0.25, 0.3) is 5.91 Å². The van der Waals surface area contributed by atoms with Crippen LogP contribution in [-0.4, -0.2) is 28.6 Å². The molecular weight excluding hydrogens is 243 g/mol. The number of nitrogens with zero attached hydrogens (tertiary/aromatic N) is 1. The summed E-state index contributed by atoms with van der Waals surface area (Å²) in [5.41, 5.74) is 5.81. The van der Waals surface area contributed by atoms with Gasteiger partial charge in [0.2, 0.25) is 0 Å². The van der Waals surface area contributed by atoms with Crippen LogP contribution in [0.5, 0.6) is 0 Å². The van der Waals surface area contributed by atoms with Crippen LogP contribution in [0.4, 0.5) is 0 Å². The smallest absolute Gasteiger partial charge is 0.275 e. The third kappa shape index (κ3) is 3.00. The summed E-state index contributed by atoms with van der Waals surface area (Å²) in [4.78, 5) is 23.1. The van der Waals surface area contributed by atoms with Crippen LogP contribution in [0, 0.1) is 0 Å². The fourth-order valence-corrected chi connectivity index (χ4v) is 2.86. The molecule has 0 spiro atoms. The highest BCUT2D eigenvalue weighted by Gasteiger charge is 2.57. The van der Waals surface area contributed by atoms with E-state index in [1.807, 2.05) is 6.92 Å². The van der Waals surface area contributed by atoms with Gasteiger partial charge in [-0.1, -0.05) is 6.92 Å². The minimum atomic E-state index is -2.34. The zero-order chi connectivity index (χ0) is 13.1. The van der Waals surface area contributed by atoms with Gasteiger partial charge in [-0.3, -0.25) is 20.3 Å². The van der Waals surface area contributed by atoms with Gasteiger partial charge >= 0.3 is 19.1 Å². The topological polar surface area (TPSA) is 119 Å². The van der Waals surface area contributed by atoms with Gasteiger partial charge in [-0.15, -0.1) is 5.09 Å². The molecular formula is C9H18N4O3P+. The summed E-state index contributed by atoms with van der Waals surface area (Å²) in [6, 6.07) is 0. The number of hydrogen-bond donors (Lipinski definition) is 3. The first-order chi connectivity index (χ1) is 7.91. The second kappa shape index (κ2) is 5.53. The number of piperidine rings is 1. The molecule has 0 aromatic heterocycles. The first kappa shape index (κ1) is 14.0. The van der Waals surface area contributed by atoms with Crippen molar-refractivity contribution in [3.8, 4) is 0 Å². The number of hydrazine groups is 1. The van der Waals surface area contributed by atoms with Crippen LogP contribution in [0.3, 0.4) is 0 Å². The molecule has 0 saturated carbocycles. The maximum Gasteiger partial charge on any atom is 0.494 e. The molecule has 0 aromatic rings.